The number of amidine groups is 1. The summed E-state index contributed by atoms with van der Waals surface area (Å²) in [6.07, 6.45) is 15.3. The van der Waals surface area contributed by atoms with Gasteiger partial charge in [0.05, 0.1) is 17.8 Å². The number of pyridine rings is 1. The minimum Gasteiger partial charge on any atom is -0.471 e. The maximum atomic E-state index is 8.81. The lowest BCUT2D eigenvalue weighted by Crippen LogP contribution is -2.32. The third-order valence-electron chi connectivity index (χ3n) is 5.24. The summed E-state index contributed by atoms with van der Waals surface area (Å²) in [5.74, 6) is 3.52. The summed E-state index contributed by atoms with van der Waals surface area (Å²) in [6, 6.07) is 7.78. The van der Waals surface area contributed by atoms with Crippen LogP contribution in [-0.4, -0.2) is 72.7 Å². The van der Waals surface area contributed by atoms with Gasteiger partial charge in [-0.25, -0.2) is 9.52 Å². The van der Waals surface area contributed by atoms with Crippen LogP contribution >= 0.6 is 0 Å². The van der Waals surface area contributed by atoms with Crippen molar-refractivity contribution in [1.82, 2.24) is 19.9 Å². The number of aliphatic imine (C=N–C) groups is 1. The van der Waals surface area contributed by atoms with Gasteiger partial charge in [0.1, 0.15) is 30.7 Å². The van der Waals surface area contributed by atoms with E-state index >= 15 is 0 Å². The van der Waals surface area contributed by atoms with Gasteiger partial charge in [0.25, 0.3) is 0 Å². The third kappa shape index (κ3) is 9.77. The van der Waals surface area contributed by atoms with Crippen molar-refractivity contribution in [3.63, 3.8) is 0 Å². The molecule has 2 aromatic rings. The van der Waals surface area contributed by atoms with Gasteiger partial charge in [-0.2, -0.15) is 10.2 Å². The molecule has 0 aliphatic rings. The van der Waals surface area contributed by atoms with Crippen LogP contribution < -0.4 is 11.1 Å². The first kappa shape index (κ1) is 30.8. The Balaban J connectivity index is 2.28. The molecule has 0 saturated carbocycles. The minimum atomic E-state index is -0.474. The Labute approximate surface area is 230 Å². The normalized spacial score (nSPS) is 13.7. The van der Waals surface area contributed by atoms with Crippen LogP contribution in [0.5, 0.6) is 0 Å². The standard InChI is InChI=1S/C28H38N8O3/c1-6-25(38-8-3)13-12-22(15-17-37-5)18-26(30)36(34-21-29)27(31-4)19-28(32-7-2)39-20-24-11-9-10-23-14-16-33-35(23)24/h1,9-16,19,21,25,30-31H,7-8,17-18,20H2,2-5H3,(H2,29,34)/b13-12-,22-15+,27-19+,30-26?,32-28?. The lowest BCUT2D eigenvalue weighted by atomic mass is 10.1. The first-order chi connectivity index (χ1) is 19.0. The Bertz CT molecular complexity index is 1250. The van der Waals surface area contributed by atoms with Crippen LogP contribution in [0.3, 0.4) is 0 Å². The van der Waals surface area contributed by atoms with E-state index in [9.17, 15) is 0 Å². The Morgan fingerprint density at radius 3 is 2.85 bits per heavy atom. The molecule has 0 amide bonds. The molecular weight excluding hydrogens is 496 g/mol. The van der Waals surface area contributed by atoms with Crippen molar-refractivity contribution in [3.8, 4) is 12.3 Å². The van der Waals surface area contributed by atoms with Crippen LogP contribution in [0.2, 0.25) is 0 Å². The maximum absolute atomic E-state index is 8.81. The lowest BCUT2D eigenvalue weighted by molar-refractivity contribution is 0.134. The second-order valence-corrected chi connectivity index (χ2v) is 7.90. The van der Waals surface area contributed by atoms with E-state index in [4.69, 9.17) is 31.8 Å². The van der Waals surface area contributed by atoms with E-state index < -0.39 is 6.10 Å². The number of hydrogen-bond donors (Lipinski definition) is 3. The van der Waals surface area contributed by atoms with Crippen LogP contribution in [-0.2, 0) is 20.8 Å². The number of aromatic nitrogens is 2. The molecule has 0 spiro atoms. The molecule has 39 heavy (non-hydrogen) atoms. The highest BCUT2D eigenvalue weighted by atomic mass is 16.5. The van der Waals surface area contributed by atoms with Crippen molar-refractivity contribution in [3.05, 3.63) is 71.9 Å². The topological polar surface area (TPSA) is 135 Å². The molecule has 11 heteroatoms. The van der Waals surface area contributed by atoms with Gasteiger partial charge in [0.15, 0.2) is 0 Å². The number of terminal acetylenes is 1. The summed E-state index contributed by atoms with van der Waals surface area (Å²) in [6.45, 7) is 5.38. The highest BCUT2D eigenvalue weighted by molar-refractivity contribution is 5.90. The number of rotatable bonds is 15. The van der Waals surface area contributed by atoms with Gasteiger partial charge in [-0.1, -0.05) is 24.1 Å². The van der Waals surface area contributed by atoms with Gasteiger partial charge < -0.3 is 25.3 Å². The van der Waals surface area contributed by atoms with Crippen LogP contribution in [0.4, 0.5) is 0 Å². The summed E-state index contributed by atoms with van der Waals surface area (Å²) in [4.78, 5) is 4.47. The highest BCUT2D eigenvalue weighted by Gasteiger charge is 2.16. The molecule has 2 aromatic heterocycles. The summed E-state index contributed by atoms with van der Waals surface area (Å²) in [5.41, 5.74) is 8.27. The van der Waals surface area contributed by atoms with Crippen molar-refractivity contribution in [2.75, 3.05) is 33.9 Å². The molecule has 0 fully saturated rings. The van der Waals surface area contributed by atoms with Crippen molar-refractivity contribution >= 4 is 23.6 Å². The van der Waals surface area contributed by atoms with E-state index in [0.717, 1.165) is 23.1 Å². The highest BCUT2D eigenvalue weighted by Crippen LogP contribution is 2.14. The Hall–Kier alpha value is -4.40. The summed E-state index contributed by atoms with van der Waals surface area (Å²) >= 11 is 0. The van der Waals surface area contributed by atoms with Gasteiger partial charge in [-0.15, -0.1) is 6.42 Å². The predicted octanol–water partition coefficient (Wildman–Crippen LogP) is 3.07. The Kier molecular flexibility index (Phi) is 13.6. The quantitative estimate of drug-likeness (QED) is 0.105. The van der Waals surface area contributed by atoms with Crippen molar-refractivity contribution in [1.29, 1.82) is 5.41 Å². The predicted molar refractivity (Wildman–Crippen MR) is 155 cm³/mol. The first-order valence-corrected chi connectivity index (χ1v) is 12.5. The number of fused-ring (bicyclic) bond motifs is 1. The molecule has 11 nitrogen and oxygen atoms in total. The van der Waals surface area contributed by atoms with Crippen molar-refractivity contribution in [2.45, 2.75) is 33.0 Å². The van der Waals surface area contributed by atoms with E-state index in [1.54, 1.807) is 32.5 Å². The molecule has 2 heterocycles. The number of hydrazone groups is 1. The minimum absolute atomic E-state index is 0.134. The van der Waals surface area contributed by atoms with Crippen LogP contribution in [0.1, 0.15) is 26.0 Å². The zero-order chi connectivity index (χ0) is 28.5. The van der Waals surface area contributed by atoms with Gasteiger partial charge in [0.2, 0.25) is 5.90 Å². The molecular formula is C28H38N8O3. The molecule has 0 bridgehead atoms. The first-order valence-electron chi connectivity index (χ1n) is 12.5. The maximum Gasteiger partial charge on any atom is 0.212 e. The molecule has 0 aliphatic carbocycles. The number of nitrogens with two attached hydrogens (primary N) is 1. The van der Waals surface area contributed by atoms with Crippen LogP contribution in [0.25, 0.3) is 5.52 Å². The Morgan fingerprint density at radius 1 is 1.36 bits per heavy atom. The van der Waals surface area contributed by atoms with Gasteiger partial charge in [0, 0.05) is 46.0 Å². The number of allylic oxidation sites excluding steroid dienone is 1. The third-order valence-corrected chi connectivity index (χ3v) is 5.24. The molecule has 208 valence electrons. The molecule has 0 aliphatic heterocycles. The van der Waals surface area contributed by atoms with Gasteiger partial charge in [-0.05, 0) is 43.7 Å². The largest absolute Gasteiger partial charge is 0.471 e. The molecule has 1 atom stereocenters. The number of ether oxygens (including phenoxy) is 3. The molecule has 0 radical (unpaired) electrons. The smallest absolute Gasteiger partial charge is 0.212 e. The molecule has 1 unspecified atom stereocenters. The second-order valence-electron chi connectivity index (χ2n) is 7.90. The SMILES string of the molecule is C#CC(/C=C\C(=C/COC)CC(=N)N(/N=C/N)/C(=C/C(=NCC)OCc1cccc2ccnn12)NC)OCC. The summed E-state index contributed by atoms with van der Waals surface area (Å²) in [7, 11) is 3.31. The molecule has 0 saturated heterocycles. The fourth-order valence-electron chi connectivity index (χ4n) is 3.46. The number of nitrogens with one attached hydrogen (secondary N) is 2. The van der Waals surface area contributed by atoms with Crippen LogP contribution in [0.15, 0.2) is 76.3 Å². The fourth-order valence-corrected chi connectivity index (χ4v) is 3.46. The van der Waals surface area contributed by atoms with Crippen molar-refractivity contribution in [2.24, 2.45) is 15.8 Å². The Morgan fingerprint density at radius 2 is 2.18 bits per heavy atom. The summed E-state index contributed by atoms with van der Waals surface area (Å²) < 4.78 is 18.5. The molecule has 2 rings (SSSR count). The van der Waals surface area contributed by atoms with E-state index in [-0.39, 0.29) is 18.9 Å². The average Bonchev–Trinajstić information content (AvgIpc) is 3.43. The van der Waals surface area contributed by atoms with Crippen molar-refractivity contribution < 1.29 is 14.2 Å². The van der Waals surface area contributed by atoms with E-state index in [1.165, 1.54) is 5.01 Å². The number of nitrogens with zero attached hydrogens (tertiary/aromatic N) is 5. The van der Waals surface area contributed by atoms with Crippen LogP contribution in [0, 0.1) is 17.8 Å². The zero-order valence-corrected chi connectivity index (χ0v) is 23.0. The fraction of sp³-hybridized carbons (Fsp3) is 0.357. The van der Waals surface area contributed by atoms with Gasteiger partial charge >= 0.3 is 0 Å². The van der Waals surface area contributed by atoms with E-state index in [0.29, 0.717) is 31.5 Å². The summed E-state index contributed by atoms with van der Waals surface area (Å²) in [5, 5.41) is 21.8. The lowest BCUT2D eigenvalue weighted by Gasteiger charge is -2.23. The molecule has 0 aromatic carbocycles. The zero-order valence-electron chi connectivity index (χ0n) is 23.0. The second kappa shape index (κ2) is 17.2. The number of hydrogen-bond acceptors (Lipinski definition) is 8. The van der Waals surface area contributed by atoms with E-state index in [1.807, 2.05) is 54.8 Å². The van der Waals surface area contributed by atoms with Gasteiger partial charge in [-0.3, -0.25) is 10.4 Å². The monoisotopic (exact) mass is 534 g/mol. The van der Waals surface area contributed by atoms with E-state index in [2.05, 4.69) is 26.4 Å². The molecule has 4 N–H and O–H groups in total. The average molecular weight is 535 g/mol. The number of methoxy groups -OCH3 is 1.